The van der Waals surface area contributed by atoms with Crippen molar-refractivity contribution in [3.63, 3.8) is 0 Å². The van der Waals surface area contributed by atoms with Crippen molar-refractivity contribution in [2.75, 3.05) is 16.8 Å². The van der Waals surface area contributed by atoms with Crippen LogP contribution in [0, 0.1) is 6.92 Å². The molecule has 0 aliphatic carbocycles. The second kappa shape index (κ2) is 10.6. The number of halogens is 2. The Morgan fingerprint density at radius 1 is 1.06 bits per heavy atom. The molecule has 0 spiro atoms. The van der Waals surface area contributed by atoms with E-state index in [4.69, 9.17) is 35.4 Å². The highest BCUT2D eigenvalue weighted by atomic mass is 35.5. The standard InChI is InChI=1S/C26H23Cl2N3O2S/c1-17-7-10-20(11-8-17)31-24(32)16-23(25(31)33)30(14-13-18-5-3-2-4-6-18)26(34)29-22-15-19(27)9-12-21(22)28/h2-12,15,23H,13-14,16H2,1H3,(H,29,34)/t23-/m0/s1. The third-order valence-corrected chi connectivity index (χ3v) is 6.61. The highest BCUT2D eigenvalue weighted by Crippen LogP contribution is 2.29. The normalized spacial score (nSPS) is 15.5. The Morgan fingerprint density at radius 2 is 1.76 bits per heavy atom. The average Bonchev–Trinajstić information content (AvgIpc) is 3.11. The maximum absolute atomic E-state index is 13.5. The monoisotopic (exact) mass is 511 g/mol. The molecule has 1 saturated heterocycles. The minimum absolute atomic E-state index is 0.0343. The van der Waals surface area contributed by atoms with Crippen molar-refractivity contribution in [1.82, 2.24) is 4.90 Å². The summed E-state index contributed by atoms with van der Waals surface area (Å²) >= 11 is 18.2. The van der Waals surface area contributed by atoms with E-state index in [1.807, 2.05) is 49.4 Å². The van der Waals surface area contributed by atoms with Gasteiger partial charge in [0.05, 0.1) is 22.8 Å². The van der Waals surface area contributed by atoms with E-state index >= 15 is 0 Å². The van der Waals surface area contributed by atoms with Crippen LogP contribution in [0.5, 0.6) is 0 Å². The topological polar surface area (TPSA) is 52.7 Å². The Balaban J connectivity index is 1.61. The summed E-state index contributed by atoms with van der Waals surface area (Å²) in [6, 6.07) is 21.5. The molecule has 8 heteroatoms. The van der Waals surface area contributed by atoms with Crippen molar-refractivity contribution >= 4 is 63.7 Å². The first-order valence-corrected chi connectivity index (χ1v) is 12.0. The Labute approximate surface area is 214 Å². The molecule has 1 aliphatic rings. The van der Waals surface area contributed by atoms with Crippen LogP contribution in [0.1, 0.15) is 17.5 Å². The molecule has 4 rings (SSSR count). The number of imide groups is 1. The van der Waals surface area contributed by atoms with Gasteiger partial charge >= 0.3 is 0 Å². The molecule has 3 aromatic rings. The molecule has 0 radical (unpaired) electrons. The Bertz CT molecular complexity index is 1220. The van der Waals surface area contributed by atoms with Gasteiger partial charge in [-0.1, -0.05) is 71.2 Å². The summed E-state index contributed by atoms with van der Waals surface area (Å²) in [5.41, 5.74) is 3.25. The molecule has 2 amide bonds. The number of amides is 2. The zero-order valence-corrected chi connectivity index (χ0v) is 20.8. The highest BCUT2D eigenvalue weighted by molar-refractivity contribution is 7.80. The molecule has 34 heavy (non-hydrogen) atoms. The Hall–Kier alpha value is -2.93. The third kappa shape index (κ3) is 5.41. The second-order valence-corrected chi connectivity index (χ2v) is 9.34. The second-order valence-electron chi connectivity index (χ2n) is 8.11. The molecule has 1 N–H and O–H groups in total. The summed E-state index contributed by atoms with van der Waals surface area (Å²) in [6.45, 7) is 2.40. The zero-order chi connectivity index (χ0) is 24.2. The molecular formula is C26H23Cl2N3O2S. The van der Waals surface area contributed by atoms with Crippen molar-refractivity contribution in [3.05, 3.63) is 94.0 Å². The number of carbonyl (C=O) groups excluding carboxylic acids is 2. The van der Waals surface area contributed by atoms with Crippen LogP contribution in [0.4, 0.5) is 11.4 Å². The molecule has 1 atom stereocenters. The summed E-state index contributed by atoms with van der Waals surface area (Å²) in [5, 5.41) is 4.38. The van der Waals surface area contributed by atoms with Gasteiger partial charge in [-0.25, -0.2) is 4.90 Å². The minimum atomic E-state index is -0.726. The molecule has 174 valence electrons. The number of aryl methyl sites for hydroxylation is 1. The maximum Gasteiger partial charge on any atom is 0.257 e. The molecule has 0 bridgehead atoms. The van der Waals surface area contributed by atoms with E-state index in [1.165, 1.54) is 4.90 Å². The number of anilines is 2. The largest absolute Gasteiger partial charge is 0.336 e. The van der Waals surface area contributed by atoms with Gasteiger partial charge in [0.1, 0.15) is 6.04 Å². The fourth-order valence-electron chi connectivity index (χ4n) is 3.90. The van der Waals surface area contributed by atoms with Crippen molar-refractivity contribution in [1.29, 1.82) is 0 Å². The van der Waals surface area contributed by atoms with E-state index < -0.39 is 6.04 Å². The van der Waals surface area contributed by atoms with Gasteiger partial charge in [-0.15, -0.1) is 0 Å². The summed E-state index contributed by atoms with van der Waals surface area (Å²) in [4.78, 5) is 29.4. The van der Waals surface area contributed by atoms with Crippen LogP contribution in [0.2, 0.25) is 10.0 Å². The number of carbonyl (C=O) groups is 2. The molecule has 1 heterocycles. The van der Waals surface area contributed by atoms with Crippen LogP contribution >= 0.6 is 35.4 Å². The Morgan fingerprint density at radius 3 is 2.47 bits per heavy atom. The number of benzene rings is 3. The number of thiocarbonyl (C=S) groups is 1. The van der Waals surface area contributed by atoms with E-state index in [1.54, 1.807) is 35.2 Å². The molecule has 1 aliphatic heterocycles. The van der Waals surface area contributed by atoms with E-state index in [2.05, 4.69) is 5.32 Å². The van der Waals surface area contributed by atoms with Crippen LogP contribution in [0.25, 0.3) is 0 Å². The molecule has 1 fully saturated rings. The van der Waals surface area contributed by atoms with Gasteiger partial charge in [0, 0.05) is 11.6 Å². The van der Waals surface area contributed by atoms with Gasteiger partial charge < -0.3 is 10.2 Å². The summed E-state index contributed by atoms with van der Waals surface area (Å²) in [7, 11) is 0. The summed E-state index contributed by atoms with van der Waals surface area (Å²) in [5.74, 6) is -0.560. The number of hydrogen-bond acceptors (Lipinski definition) is 3. The van der Waals surface area contributed by atoms with Crippen molar-refractivity contribution in [2.24, 2.45) is 0 Å². The lowest BCUT2D eigenvalue weighted by Crippen LogP contribution is -2.48. The van der Waals surface area contributed by atoms with Crippen LogP contribution in [0.15, 0.2) is 72.8 Å². The van der Waals surface area contributed by atoms with E-state index in [0.29, 0.717) is 39.5 Å². The molecule has 0 aromatic heterocycles. The average molecular weight is 512 g/mol. The molecule has 3 aromatic carbocycles. The van der Waals surface area contributed by atoms with Crippen LogP contribution in [-0.4, -0.2) is 34.4 Å². The van der Waals surface area contributed by atoms with Gasteiger partial charge in [-0.3, -0.25) is 9.59 Å². The quantitative estimate of drug-likeness (QED) is 0.331. The fourth-order valence-corrected chi connectivity index (χ4v) is 4.56. The van der Waals surface area contributed by atoms with Crippen molar-refractivity contribution < 1.29 is 9.59 Å². The third-order valence-electron chi connectivity index (χ3n) is 5.71. The molecule has 0 saturated carbocycles. The van der Waals surface area contributed by atoms with E-state index in [0.717, 1.165) is 11.1 Å². The van der Waals surface area contributed by atoms with Crippen LogP contribution < -0.4 is 10.2 Å². The first kappa shape index (κ1) is 24.2. The number of nitrogens with one attached hydrogen (secondary N) is 1. The lowest BCUT2D eigenvalue weighted by Gasteiger charge is -2.30. The van der Waals surface area contributed by atoms with E-state index in [9.17, 15) is 9.59 Å². The first-order chi connectivity index (χ1) is 16.3. The number of nitrogens with zero attached hydrogens (tertiary/aromatic N) is 2. The molecule has 0 unspecified atom stereocenters. The predicted octanol–water partition coefficient (Wildman–Crippen LogP) is 5.88. The van der Waals surface area contributed by atoms with Gasteiger partial charge in [0.15, 0.2) is 5.11 Å². The van der Waals surface area contributed by atoms with Crippen molar-refractivity contribution in [3.8, 4) is 0 Å². The zero-order valence-electron chi connectivity index (χ0n) is 18.5. The summed E-state index contributed by atoms with van der Waals surface area (Å²) in [6.07, 6.45) is 0.682. The van der Waals surface area contributed by atoms with Gasteiger partial charge in [-0.2, -0.15) is 0 Å². The van der Waals surface area contributed by atoms with Gasteiger partial charge in [0.25, 0.3) is 5.91 Å². The molecular weight excluding hydrogens is 489 g/mol. The van der Waals surface area contributed by atoms with E-state index in [-0.39, 0.29) is 18.2 Å². The van der Waals surface area contributed by atoms with Gasteiger partial charge in [0.2, 0.25) is 5.91 Å². The number of hydrogen-bond donors (Lipinski definition) is 1. The molecule has 5 nitrogen and oxygen atoms in total. The van der Waals surface area contributed by atoms with Crippen LogP contribution in [0.3, 0.4) is 0 Å². The Kier molecular flexibility index (Phi) is 7.51. The fraction of sp³-hybridized carbons (Fsp3) is 0.192. The predicted molar refractivity (Wildman–Crippen MR) is 142 cm³/mol. The summed E-state index contributed by atoms with van der Waals surface area (Å²) < 4.78 is 0. The smallest absolute Gasteiger partial charge is 0.257 e. The first-order valence-electron chi connectivity index (χ1n) is 10.8. The van der Waals surface area contributed by atoms with Crippen molar-refractivity contribution in [2.45, 2.75) is 25.8 Å². The van der Waals surface area contributed by atoms with Gasteiger partial charge in [-0.05, 0) is 61.5 Å². The highest BCUT2D eigenvalue weighted by Gasteiger charge is 2.43. The van der Waals surface area contributed by atoms with Crippen LogP contribution in [-0.2, 0) is 16.0 Å². The number of rotatable bonds is 6. The minimum Gasteiger partial charge on any atom is -0.336 e. The lowest BCUT2D eigenvalue weighted by atomic mass is 10.1. The SMILES string of the molecule is Cc1ccc(N2C(=O)C[C@H](N(CCc3ccccc3)C(=S)Nc3cc(Cl)ccc3Cl)C2=O)cc1. The lowest BCUT2D eigenvalue weighted by molar-refractivity contribution is -0.122. The maximum atomic E-state index is 13.5.